The summed E-state index contributed by atoms with van der Waals surface area (Å²) in [6, 6.07) is 16.4. The van der Waals surface area contributed by atoms with Gasteiger partial charge in [0.2, 0.25) is 0 Å². The van der Waals surface area contributed by atoms with Crippen LogP contribution in [0, 0.1) is 0 Å². The molecule has 0 saturated carbocycles. The lowest BCUT2D eigenvalue weighted by Gasteiger charge is -2.36. The van der Waals surface area contributed by atoms with E-state index in [0.717, 1.165) is 17.0 Å². The molecule has 5 rings (SSSR count). The van der Waals surface area contributed by atoms with Crippen LogP contribution < -0.4 is 10.6 Å². The number of anilines is 1. The van der Waals surface area contributed by atoms with Gasteiger partial charge in [0.1, 0.15) is 11.6 Å². The summed E-state index contributed by atoms with van der Waals surface area (Å²) in [5.74, 6) is 0.394. The highest BCUT2D eigenvalue weighted by Gasteiger charge is 2.41. The molecule has 2 N–H and O–H groups in total. The van der Waals surface area contributed by atoms with Gasteiger partial charge in [0, 0.05) is 52.0 Å². The van der Waals surface area contributed by atoms with Gasteiger partial charge in [0.05, 0.1) is 6.26 Å². The second kappa shape index (κ2) is 8.71. The molecule has 0 bridgehead atoms. The fourth-order valence-corrected chi connectivity index (χ4v) is 4.80. The fourth-order valence-electron chi connectivity index (χ4n) is 4.67. The van der Waals surface area contributed by atoms with Crippen LogP contribution in [0.4, 0.5) is 5.82 Å². The van der Waals surface area contributed by atoms with Crippen molar-refractivity contribution in [3.8, 4) is 0 Å². The molecule has 1 aliphatic heterocycles. The lowest BCUT2D eigenvalue weighted by atomic mass is 9.72. The van der Waals surface area contributed by atoms with E-state index in [1.807, 2.05) is 31.2 Å². The molecule has 1 amide bonds. The molecule has 0 radical (unpaired) electrons. The first kappa shape index (κ1) is 21.2. The molecule has 3 heterocycles. The first-order valence-electron chi connectivity index (χ1n) is 10.8. The first-order chi connectivity index (χ1) is 16.0. The number of allylic oxidation sites excluding steroid dienone is 3. The molecule has 2 aliphatic rings. The SMILES string of the molecule is CC1=C(C(=O)Nc2ccccn2)[C@H](c2ccc(Cl)cc2)C2=C(C[C@@H](c3ccco3)CC2=O)N1. The number of amides is 1. The Morgan fingerprint density at radius 3 is 2.64 bits per heavy atom. The molecule has 0 unspecified atom stereocenters. The number of benzene rings is 1. The zero-order valence-corrected chi connectivity index (χ0v) is 18.7. The molecular formula is C26H22ClN3O3. The van der Waals surface area contributed by atoms with E-state index in [1.165, 1.54) is 0 Å². The number of pyridine rings is 1. The molecule has 0 spiro atoms. The Balaban J connectivity index is 1.57. The summed E-state index contributed by atoms with van der Waals surface area (Å²) in [7, 11) is 0. The predicted molar refractivity (Wildman–Crippen MR) is 126 cm³/mol. The number of nitrogens with zero attached hydrogens (tertiary/aromatic N) is 1. The smallest absolute Gasteiger partial charge is 0.255 e. The van der Waals surface area contributed by atoms with Crippen LogP contribution in [0.5, 0.6) is 0 Å². The average molecular weight is 460 g/mol. The summed E-state index contributed by atoms with van der Waals surface area (Å²) in [6.45, 7) is 1.86. The van der Waals surface area contributed by atoms with E-state index in [4.69, 9.17) is 16.0 Å². The normalized spacial score (nSPS) is 20.4. The summed E-state index contributed by atoms with van der Waals surface area (Å²) in [6.07, 6.45) is 4.20. The van der Waals surface area contributed by atoms with E-state index in [2.05, 4.69) is 15.6 Å². The quantitative estimate of drug-likeness (QED) is 0.551. The van der Waals surface area contributed by atoms with Crippen LogP contribution in [-0.2, 0) is 9.59 Å². The number of rotatable bonds is 4. The number of furan rings is 1. The summed E-state index contributed by atoms with van der Waals surface area (Å²) >= 11 is 6.13. The summed E-state index contributed by atoms with van der Waals surface area (Å²) < 4.78 is 5.58. The van der Waals surface area contributed by atoms with Gasteiger partial charge < -0.3 is 15.1 Å². The predicted octanol–water partition coefficient (Wildman–Crippen LogP) is 5.33. The third-order valence-electron chi connectivity index (χ3n) is 6.13. The van der Waals surface area contributed by atoms with Gasteiger partial charge in [0.25, 0.3) is 5.91 Å². The Hall–Kier alpha value is -3.64. The highest BCUT2D eigenvalue weighted by atomic mass is 35.5. The highest BCUT2D eigenvalue weighted by Crippen LogP contribution is 2.45. The summed E-state index contributed by atoms with van der Waals surface area (Å²) in [5, 5.41) is 6.82. The van der Waals surface area contributed by atoms with Crippen molar-refractivity contribution in [2.75, 3.05) is 5.32 Å². The molecule has 2 atom stereocenters. The van der Waals surface area contributed by atoms with E-state index < -0.39 is 5.92 Å². The highest BCUT2D eigenvalue weighted by molar-refractivity contribution is 6.30. The minimum atomic E-state index is -0.507. The standard InChI is InChI=1S/C26H22ClN3O3/c1-15-23(26(32)30-22-6-2-3-11-28-22)24(16-7-9-18(27)10-8-16)25-19(29-15)13-17(14-20(25)31)21-5-4-12-33-21/h2-12,17,24,29H,13-14H2,1H3,(H,28,30,32)/t17-,24+/m1/s1. The molecule has 2 aromatic heterocycles. The van der Waals surface area contributed by atoms with Crippen LogP contribution in [0.15, 0.2) is 94.0 Å². The van der Waals surface area contributed by atoms with Gasteiger partial charge in [0.15, 0.2) is 5.78 Å². The van der Waals surface area contributed by atoms with Gasteiger partial charge in [-0.2, -0.15) is 0 Å². The van der Waals surface area contributed by atoms with E-state index >= 15 is 0 Å². The lowest BCUT2D eigenvalue weighted by molar-refractivity contribution is -0.116. The largest absolute Gasteiger partial charge is 0.469 e. The Kier molecular flexibility index (Phi) is 5.60. The van der Waals surface area contributed by atoms with Crippen LogP contribution in [-0.4, -0.2) is 16.7 Å². The maximum absolute atomic E-state index is 13.5. The Bertz CT molecular complexity index is 1260. The van der Waals surface area contributed by atoms with Crippen molar-refractivity contribution in [1.29, 1.82) is 0 Å². The number of aromatic nitrogens is 1. The molecule has 33 heavy (non-hydrogen) atoms. The van der Waals surface area contributed by atoms with Crippen LogP contribution in [0.25, 0.3) is 0 Å². The molecule has 7 heteroatoms. The second-order valence-electron chi connectivity index (χ2n) is 8.25. The number of nitrogens with one attached hydrogen (secondary N) is 2. The van der Waals surface area contributed by atoms with Gasteiger partial charge in [-0.15, -0.1) is 0 Å². The Morgan fingerprint density at radius 2 is 1.94 bits per heavy atom. The number of ketones is 1. The number of hydrogen-bond donors (Lipinski definition) is 2. The van der Waals surface area contributed by atoms with Crippen LogP contribution in [0.1, 0.15) is 42.9 Å². The van der Waals surface area contributed by atoms with Gasteiger partial charge in [-0.1, -0.05) is 29.8 Å². The van der Waals surface area contributed by atoms with E-state index in [9.17, 15) is 9.59 Å². The van der Waals surface area contributed by atoms with Crippen molar-refractivity contribution in [3.05, 3.63) is 106 Å². The van der Waals surface area contributed by atoms with E-state index in [-0.39, 0.29) is 17.6 Å². The zero-order chi connectivity index (χ0) is 22.9. The molecule has 1 aliphatic carbocycles. The van der Waals surface area contributed by atoms with Crippen molar-refractivity contribution in [3.63, 3.8) is 0 Å². The fraction of sp³-hybridized carbons (Fsp3) is 0.192. The number of carbonyl (C=O) groups excluding carboxylic acids is 2. The van der Waals surface area contributed by atoms with Crippen molar-refractivity contribution >= 4 is 29.1 Å². The number of dihydropyridines is 1. The van der Waals surface area contributed by atoms with Crippen molar-refractivity contribution in [2.45, 2.75) is 31.6 Å². The summed E-state index contributed by atoms with van der Waals surface area (Å²) in [5.41, 5.74) is 3.49. The van der Waals surface area contributed by atoms with Crippen molar-refractivity contribution in [1.82, 2.24) is 10.3 Å². The van der Waals surface area contributed by atoms with E-state index in [1.54, 1.807) is 42.8 Å². The zero-order valence-electron chi connectivity index (χ0n) is 18.0. The van der Waals surface area contributed by atoms with Gasteiger partial charge in [-0.3, -0.25) is 9.59 Å². The molecule has 3 aromatic rings. The van der Waals surface area contributed by atoms with Crippen molar-refractivity contribution in [2.24, 2.45) is 0 Å². The van der Waals surface area contributed by atoms with Crippen molar-refractivity contribution < 1.29 is 14.0 Å². The monoisotopic (exact) mass is 459 g/mol. The second-order valence-corrected chi connectivity index (χ2v) is 8.69. The van der Waals surface area contributed by atoms with Crippen LogP contribution in [0.3, 0.4) is 0 Å². The number of halogens is 1. The first-order valence-corrected chi connectivity index (χ1v) is 11.1. The molecule has 6 nitrogen and oxygen atoms in total. The number of hydrogen-bond acceptors (Lipinski definition) is 5. The minimum absolute atomic E-state index is 0.000682. The maximum atomic E-state index is 13.5. The molecule has 0 saturated heterocycles. The van der Waals surface area contributed by atoms with Crippen LogP contribution in [0.2, 0.25) is 5.02 Å². The minimum Gasteiger partial charge on any atom is -0.469 e. The lowest BCUT2D eigenvalue weighted by Crippen LogP contribution is -2.37. The summed E-state index contributed by atoms with van der Waals surface area (Å²) in [4.78, 5) is 31.1. The van der Waals surface area contributed by atoms with Gasteiger partial charge >= 0.3 is 0 Å². The third kappa shape index (κ3) is 4.10. The Labute approximate surface area is 196 Å². The average Bonchev–Trinajstić information content (AvgIpc) is 3.34. The van der Waals surface area contributed by atoms with Gasteiger partial charge in [-0.05, 0) is 55.3 Å². The Morgan fingerprint density at radius 1 is 1.12 bits per heavy atom. The maximum Gasteiger partial charge on any atom is 0.255 e. The third-order valence-corrected chi connectivity index (χ3v) is 6.38. The molecule has 166 valence electrons. The van der Waals surface area contributed by atoms with E-state index in [0.29, 0.717) is 40.5 Å². The molecule has 0 fully saturated rings. The topological polar surface area (TPSA) is 84.2 Å². The van der Waals surface area contributed by atoms with Gasteiger partial charge in [-0.25, -0.2) is 4.98 Å². The number of Topliss-reactive ketones (excluding diaryl/α,β-unsaturated/α-hetero) is 1. The number of carbonyl (C=O) groups is 2. The molecular weight excluding hydrogens is 438 g/mol. The van der Waals surface area contributed by atoms with Crippen LogP contribution >= 0.6 is 11.6 Å². The molecule has 1 aromatic carbocycles.